The number of amides is 1. The van der Waals surface area contributed by atoms with Crippen molar-refractivity contribution in [1.29, 1.82) is 0 Å². The number of nitrogens with zero attached hydrogens (tertiary/aromatic N) is 1. The first-order valence-electron chi connectivity index (χ1n) is 7.68. The molecule has 1 aromatic carbocycles. The highest BCUT2D eigenvalue weighted by atomic mass is 16.6. The topological polar surface area (TPSA) is 50.8 Å². The number of hydrogen-bond donors (Lipinski definition) is 1. The first kappa shape index (κ1) is 14.6. The van der Waals surface area contributed by atoms with Gasteiger partial charge in [-0.05, 0) is 18.7 Å². The molecule has 2 aliphatic heterocycles. The van der Waals surface area contributed by atoms with E-state index in [2.05, 4.69) is 10.1 Å². The minimum atomic E-state index is -1.41. The Morgan fingerprint density at radius 3 is 2.62 bits per heavy atom. The van der Waals surface area contributed by atoms with Crippen molar-refractivity contribution in [1.82, 2.24) is 10.1 Å². The molecule has 1 unspecified atom stereocenters. The van der Waals surface area contributed by atoms with Crippen LogP contribution in [0.25, 0.3) is 0 Å². The Balaban J connectivity index is 1.53. The lowest BCUT2D eigenvalue weighted by Crippen LogP contribution is -2.51. The number of benzene rings is 1. The fraction of sp³-hybridized carbons (Fsp3) is 0.533. The Kier molecular flexibility index (Phi) is 4.28. The average molecular weight is 289 g/mol. The second kappa shape index (κ2) is 6.18. The Hall–Kier alpha value is -1.37. The predicted octanol–water partition coefficient (Wildman–Crippen LogP) is 1.38. The molecule has 2 aliphatic rings. The number of carbonyl (C=O) groups excluding carboxylic acids is 1. The fourth-order valence-electron chi connectivity index (χ4n) is 3.41. The van der Waals surface area contributed by atoms with Crippen LogP contribution in [0.5, 0.6) is 0 Å². The maximum absolute atomic E-state index is 12.1. The van der Waals surface area contributed by atoms with E-state index in [1.165, 1.54) is 0 Å². The van der Waals surface area contributed by atoms with Gasteiger partial charge in [0.2, 0.25) is 5.91 Å². The van der Waals surface area contributed by atoms with E-state index in [9.17, 15) is 4.79 Å². The molecular weight excluding hydrogens is 267 g/mol. The van der Waals surface area contributed by atoms with Crippen molar-refractivity contribution in [3.05, 3.63) is 35.9 Å². The molecule has 0 saturated carbocycles. The fourth-order valence-corrected chi connectivity index (χ4v) is 3.41. The monoisotopic (exact) mass is 289 g/mol. The van der Waals surface area contributed by atoms with Gasteiger partial charge in [0, 0.05) is 26.2 Å². The zero-order valence-corrected chi connectivity index (χ0v) is 12.5. The molecule has 114 valence electrons. The van der Waals surface area contributed by atoms with E-state index in [4.69, 9.17) is 9.31 Å². The first-order valence-corrected chi connectivity index (χ1v) is 7.68. The van der Waals surface area contributed by atoms with Gasteiger partial charge in [-0.3, -0.25) is 4.79 Å². The molecule has 1 atom stereocenters. The van der Waals surface area contributed by atoms with Gasteiger partial charge in [-0.1, -0.05) is 43.1 Å². The summed E-state index contributed by atoms with van der Waals surface area (Å²) in [4.78, 5) is 14.4. The summed E-state index contributed by atoms with van der Waals surface area (Å²) in [5, 5.41) is 2.97. The van der Waals surface area contributed by atoms with E-state index in [0.717, 1.165) is 18.7 Å². The Morgan fingerprint density at radius 1 is 1.29 bits per heavy atom. The SMILES string of the molecule is CC(CC(=O)NCc1ccccc1)[B-]12OCCN1CCO2. The summed E-state index contributed by atoms with van der Waals surface area (Å²) in [6.45, 7) is 4.44. The number of hydrogen-bond acceptors (Lipinski definition) is 4. The summed E-state index contributed by atoms with van der Waals surface area (Å²) in [5.74, 6) is 0.124. The van der Waals surface area contributed by atoms with Gasteiger partial charge in [-0.25, -0.2) is 0 Å². The molecule has 21 heavy (non-hydrogen) atoms. The van der Waals surface area contributed by atoms with Crippen LogP contribution in [0.2, 0.25) is 5.82 Å². The number of carbonyl (C=O) groups is 1. The van der Waals surface area contributed by atoms with E-state index in [1.807, 2.05) is 37.3 Å². The standard InChI is InChI=1S/C15H22BN2O3/c1-13(16-18(7-9-20-16)8-10-21-16)11-15(19)17-12-14-5-3-2-4-6-14/h2-6,13H,7-12H2,1H3,(H,17,19)/q-1. The molecule has 5 nitrogen and oxygen atoms in total. The second-order valence-electron chi connectivity index (χ2n) is 5.95. The molecule has 1 aromatic rings. The van der Waals surface area contributed by atoms with Gasteiger partial charge in [-0.2, -0.15) is 0 Å². The van der Waals surface area contributed by atoms with Crippen molar-refractivity contribution in [2.75, 3.05) is 26.3 Å². The van der Waals surface area contributed by atoms with Gasteiger partial charge in [0.15, 0.2) is 0 Å². The van der Waals surface area contributed by atoms with Gasteiger partial charge in [-0.15, -0.1) is 0 Å². The summed E-state index contributed by atoms with van der Waals surface area (Å²) in [6, 6.07) is 9.94. The Labute approximate surface area is 125 Å². The average Bonchev–Trinajstić information content (AvgIpc) is 3.06. The van der Waals surface area contributed by atoms with Gasteiger partial charge in [0.05, 0.1) is 0 Å². The maximum atomic E-state index is 12.1. The third-order valence-electron chi connectivity index (χ3n) is 4.54. The highest BCUT2D eigenvalue weighted by Gasteiger charge is 2.46. The van der Waals surface area contributed by atoms with Gasteiger partial charge in [0.25, 0.3) is 0 Å². The molecule has 0 aromatic heterocycles. The number of fused-ring (bicyclic) bond motifs is 1. The third-order valence-corrected chi connectivity index (χ3v) is 4.54. The molecule has 2 heterocycles. The van der Waals surface area contributed by atoms with E-state index >= 15 is 0 Å². The van der Waals surface area contributed by atoms with Gasteiger partial charge in [0.1, 0.15) is 0 Å². The molecule has 6 heteroatoms. The number of nitrogens with one attached hydrogen (secondary N) is 1. The smallest absolute Gasteiger partial charge is 0.321 e. The van der Waals surface area contributed by atoms with E-state index in [0.29, 0.717) is 26.2 Å². The van der Waals surface area contributed by atoms with Crippen molar-refractivity contribution >= 4 is 12.6 Å². The lowest BCUT2D eigenvalue weighted by atomic mass is 9.57. The molecule has 0 radical (unpaired) electrons. The van der Waals surface area contributed by atoms with Crippen LogP contribution in [0.3, 0.4) is 0 Å². The molecule has 2 saturated heterocycles. The summed E-state index contributed by atoms with van der Waals surface area (Å²) >= 11 is 0. The lowest BCUT2D eigenvalue weighted by Gasteiger charge is -2.41. The van der Waals surface area contributed by atoms with Crippen LogP contribution in [0.15, 0.2) is 30.3 Å². The molecule has 1 amide bonds. The van der Waals surface area contributed by atoms with Crippen LogP contribution in [-0.4, -0.2) is 43.7 Å². The van der Waals surface area contributed by atoms with Gasteiger partial charge < -0.3 is 19.4 Å². The van der Waals surface area contributed by atoms with Crippen molar-refractivity contribution < 1.29 is 14.1 Å². The third kappa shape index (κ3) is 2.97. The quantitative estimate of drug-likeness (QED) is 0.832. The molecule has 2 fully saturated rings. The first-order chi connectivity index (χ1) is 10.2. The summed E-state index contributed by atoms with van der Waals surface area (Å²) in [7, 11) is 0. The predicted molar refractivity (Wildman–Crippen MR) is 81.6 cm³/mol. The largest absolute Gasteiger partial charge is 0.554 e. The van der Waals surface area contributed by atoms with Crippen molar-refractivity contribution in [3.63, 3.8) is 0 Å². The van der Waals surface area contributed by atoms with Crippen LogP contribution < -0.4 is 5.32 Å². The Morgan fingerprint density at radius 2 is 1.95 bits per heavy atom. The lowest BCUT2D eigenvalue weighted by molar-refractivity contribution is -0.121. The summed E-state index contributed by atoms with van der Waals surface area (Å²) in [6.07, 6.45) is 0.434. The number of rotatable bonds is 5. The molecule has 0 aliphatic carbocycles. The molecule has 1 N–H and O–H groups in total. The molecule has 0 bridgehead atoms. The van der Waals surface area contributed by atoms with E-state index in [-0.39, 0.29) is 11.7 Å². The molecule has 0 spiro atoms. The minimum Gasteiger partial charge on any atom is -0.554 e. The van der Waals surface area contributed by atoms with Crippen molar-refractivity contribution in [2.24, 2.45) is 0 Å². The highest BCUT2D eigenvalue weighted by Crippen LogP contribution is 2.36. The van der Waals surface area contributed by atoms with Gasteiger partial charge >= 0.3 is 6.69 Å². The van der Waals surface area contributed by atoms with Crippen molar-refractivity contribution in [2.45, 2.75) is 25.7 Å². The van der Waals surface area contributed by atoms with Crippen LogP contribution in [0.1, 0.15) is 18.9 Å². The van der Waals surface area contributed by atoms with Crippen LogP contribution in [0.4, 0.5) is 0 Å². The molecule has 3 rings (SSSR count). The minimum absolute atomic E-state index is 0.0496. The zero-order chi connectivity index (χ0) is 14.7. The Bertz CT molecular complexity index is 487. The molecular formula is C15H22BN2O3-. The van der Waals surface area contributed by atoms with Crippen LogP contribution in [0, 0.1) is 0 Å². The summed E-state index contributed by atoms with van der Waals surface area (Å²) in [5.41, 5.74) is 1.11. The van der Waals surface area contributed by atoms with E-state index in [1.54, 1.807) is 0 Å². The highest BCUT2D eigenvalue weighted by molar-refractivity contribution is 6.67. The summed E-state index contributed by atoms with van der Waals surface area (Å²) < 4.78 is 11.8. The maximum Gasteiger partial charge on any atom is 0.321 e. The van der Waals surface area contributed by atoms with Crippen molar-refractivity contribution in [3.8, 4) is 0 Å². The zero-order valence-electron chi connectivity index (χ0n) is 12.5. The normalized spacial score (nSPS) is 22.0. The van der Waals surface area contributed by atoms with E-state index < -0.39 is 6.69 Å². The van der Waals surface area contributed by atoms with Crippen LogP contribution >= 0.6 is 0 Å². The van der Waals surface area contributed by atoms with Crippen LogP contribution in [-0.2, 0) is 20.6 Å². The second-order valence-corrected chi connectivity index (χ2v) is 5.95.